The van der Waals surface area contributed by atoms with Crippen molar-refractivity contribution in [1.29, 1.82) is 0 Å². The second-order valence-electron chi connectivity index (χ2n) is 3.05. The molecule has 1 rings (SSSR count). The Balaban J connectivity index is 2.88. The Kier molecular flexibility index (Phi) is 4.71. The highest BCUT2D eigenvalue weighted by atomic mass is 16.5. The van der Waals surface area contributed by atoms with Crippen molar-refractivity contribution in [2.45, 2.75) is 6.92 Å². The van der Waals surface area contributed by atoms with E-state index in [1.54, 1.807) is 7.11 Å². The van der Waals surface area contributed by atoms with Crippen LogP contribution in [0.3, 0.4) is 0 Å². The summed E-state index contributed by atoms with van der Waals surface area (Å²) in [6.45, 7) is 2.98. The molecule has 0 unspecified atom stereocenters. The molecular weight excluding hydrogens is 190 g/mol. The molecule has 0 atom stereocenters. The maximum absolute atomic E-state index is 5.44. The van der Waals surface area contributed by atoms with Crippen LogP contribution in [-0.2, 0) is 0 Å². The standard InChI is InChI=1S/C12H17NO2/c1-3-4-10-5-6-11(15-8-7-13)12(9-10)14-2/h3-6,9H,7-8,13H2,1-2H3. The highest BCUT2D eigenvalue weighted by Crippen LogP contribution is 2.28. The molecule has 0 spiro atoms. The Morgan fingerprint density at radius 1 is 1.33 bits per heavy atom. The molecule has 0 aliphatic heterocycles. The van der Waals surface area contributed by atoms with Gasteiger partial charge in [0.1, 0.15) is 6.61 Å². The van der Waals surface area contributed by atoms with Crippen LogP contribution in [0.4, 0.5) is 0 Å². The summed E-state index contributed by atoms with van der Waals surface area (Å²) in [6, 6.07) is 5.81. The third kappa shape index (κ3) is 3.29. The first kappa shape index (κ1) is 11.6. The SMILES string of the molecule is CC=Cc1ccc(OCCN)c(OC)c1. The molecule has 1 aromatic carbocycles. The van der Waals surface area contributed by atoms with Gasteiger partial charge in [0, 0.05) is 6.54 Å². The van der Waals surface area contributed by atoms with Crippen LogP contribution in [-0.4, -0.2) is 20.3 Å². The van der Waals surface area contributed by atoms with Crippen LogP contribution in [0, 0.1) is 0 Å². The number of methoxy groups -OCH3 is 1. The molecule has 0 bridgehead atoms. The predicted octanol–water partition coefficient (Wildman–Crippen LogP) is 2.07. The minimum Gasteiger partial charge on any atom is -0.493 e. The smallest absolute Gasteiger partial charge is 0.161 e. The Morgan fingerprint density at radius 3 is 2.73 bits per heavy atom. The molecule has 2 N–H and O–H groups in total. The topological polar surface area (TPSA) is 44.5 Å². The van der Waals surface area contributed by atoms with Crippen molar-refractivity contribution in [3.8, 4) is 11.5 Å². The van der Waals surface area contributed by atoms with Gasteiger partial charge in [0.15, 0.2) is 11.5 Å². The zero-order valence-corrected chi connectivity index (χ0v) is 9.19. The monoisotopic (exact) mass is 207 g/mol. The van der Waals surface area contributed by atoms with Gasteiger partial charge in [-0.3, -0.25) is 0 Å². The summed E-state index contributed by atoms with van der Waals surface area (Å²) in [5.41, 5.74) is 6.46. The summed E-state index contributed by atoms with van der Waals surface area (Å²) in [6.07, 6.45) is 3.99. The molecule has 3 nitrogen and oxygen atoms in total. The summed E-state index contributed by atoms with van der Waals surface area (Å²) < 4.78 is 10.7. The van der Waals surface area contributed by atoms with Gasteiger partial charge >= 0.3 is 0 Å². The molecule has 0 radical (unpaired) electrons. The van der Waals surface area contributed by atoms with E-state index in [1.165, 1.54) is 0 Å². The molecule has 0 amide bonds. The fraction of sp³-hybridized carbons (Fsp3) is 0.333. The largest absolute Gasteiger partial charge is 0.493 e. The van der Waals surface area contributed by atoms with E-state index in [0.717, 1.165) is 17.1 Å². The fourth-order valence-electron chi connectivity index (χ4n) is 1.27. The van der Waals surface area contributed by atoms with E-state index >= 15 is 0 Å². The number of benzene rings is 1. The molecule has 0 saturated carbocycles. The number of hydrogen-bond donors (Lipinski definition) is 1. The van der Waals surface area contributed by atoms with E-state index in [9.17, 15) is 0 Å². The van der Waals surface area contributed by atoms with Crippen LogP contribution in [0.15, 0.2) is 24.3 Å². The van der Waals surface area contributed by atoms with E-state index in [4.69, 9.17) is 15.2 Å². The Bertz CT molecular complexity index is 334. The van der Waals surface area contributed by atoms with Crippen molar-refractivity contribution in [2.75, 3.05) is 20.3 Å². The van der Waals surface area contributed by atoms with Crippen LogP contribution in [0.2, 0.25) is 0 Å². The maximum atomic E-state index is 5.44. The van der Waals surface area contributed by atoms with Crippen molar-refractivity contribution >= 4 is 6.08 Å². The van der Waals surface area contributed by atoms with Crippen molar-refractivity contribution in [3.05, 3.63) is 29.8 Å². The second-order valence-corrected chi connectivity index (χ2v) is 3.05. The molecule has 15 heavy (non-hydrogen) atoms. The fourth-order valence-corrected chi connectivity index (χ4v) is 1.27. The van der Waals surface area contributed by atoms with Crippen LogP contribution >= 0.6 is 0 Å². The lowest BCUT2D eigenvalue weighted by Gasteiger charge is -2.10. The minimum atomic E-state index is 0.499. The van der Waals surface area contributed by atoms with E-state index in [-0.39, 0.29) is 0 Å². The molecule has 0 aromatic heterocycles. The van der Waals surface area contributed by atoms with Crippen LogP contribution in [0.5, 0.6) is 11.5 Å². The van der Waals surface area contributed by atoms with Crippen LogP contribution in [0.25, 0.3) is 6.08 Å². The van der Waals surface area contributed by atoms with Gasteiger partial charge < -0.3 is 15.2 Å². The Hall–Kier alpha value is -1.48. The summed E-state index contributed by atoms with van der Waals surface area (Å²) in [4.78, 5) is 0. The van der Waals surface area contributed by atoms with Gasteiger partial charge in [-0.2, -0.15) is 0 Å². The van der Waals surface area contributed by atoms with Crippen molar-refractivity contribution in [2.24, 2.45) is 5.73 Å². The van der Waals surface area contributed by atoms with Crippen LogP contribution in [0.1, 0.15) is 12.5 Å². The molecule has 1 aromatic rings. The first-order valence-corrected chi connectivity index (χ1v) is 4.95. The molecule has 0 heterocycles. The highest BCUT2D eigenvalue weighted by molar-refractivity contribution is 5.55. The summed E-state index contributed by atoms with van der Waals surface area (Å²) in [5, 5.41) is 0. The molecule has 0 saturated heterocycles. The van der Waals surface area contributed by atoms with Crippen LogP contribution < -0.4 is 15.2 Å². The average molecular weight is 207 g/mol. The number of rotatable bonds is 5. The maximum Gasteiger partial charge on any atom is 0.161 e. The van der Waals surface area contributed by atoms with Gasteiger partial charge in [0.05, 0.1) is 7.11 Å². The number of allylic oxidation sites excluding steroid dienone is 1. The summed E-state index contributed by atoms with van der Waals surface area (Å²) in [7, 11) is 1.63. The van der Waals surface area contributed by atoms with E-state index in [0.29, 0.717) is 13.2 Å². The first-order valence-electron chi connectivity index (χ1n) is 4.95. The van der Waals surface area contributed by atoms with Gasteiger partial charge in [-0.15, -0.1) is 0 Å². The lowest BCUT2D eigenvalue weighted by molar-refractivity contribution is 0.302. The van der Waals surface area contributed by atoms with Gasteiger partial charge in [-0.25, -0.2) is 0 Å². The van der Waals surface area contributed by atoms with Crippen molar-refractivity contribution in [1.82, 2.24) is 0 Å². The van der Waals surface area contributed by atoms with Crippen molar-refractivity contribution < 1.29 is 9.47 Å². The first-order chi connectivity index (χ1) is 7.31. The quantitative estimate of drug-likeness (QED) is 0.803. The third-order valence-corrected chi connectivity index (χ3v) is 1.92. The van der Waals surface area contributed by atoms with E-state index in [2.05, 4.69) is 0 Å². The van der Waals surface area contributed by atoms with E-state index < -0.39 is 0 Å². The zero-order chi connectivity index (χ0) is 11.1. The lowest BCUT2D eigenvalue weighted by atomic mass is 10.2. The Labute approximate surface area is 90.5 Å². The van der Waals surface area contributed by atoms with Gasteiger partial charge in [-0.05, 0) is 24.6 Å². The third-order valence-electron chi connectivity index (χ3n) is 1.92. The highest BCUT2D eigenvalue weighted by Gasteiger charge is 2.03. The van der Waals surface area contributed by atoms with E-state index in [1.807, 2.05) is 37.3 Å². The minimum absolute atomic E-state index is 0.499. The molecule has 0 aliphatic carbocycles. The number of hydrogen-bond acceptors (Lipinski definition) is 3. The summed E-state index contributed by atoms with van der Waals surface area (Å²) in [5.74, 6) is 1.47. The molecular formula is C12H17NO2. The molecule has 0 fully saturated rings. The zero-order valence-electron chi connectivity index (χ0n) is 9.19. The molecule has 0 aliphatic rings. The molecule has 82 valence electrons. The summed E-state index contributed by atoms with van der Waals surface area (Å²) >= 11 is 0. The second kappa shape index (κ2) is 6.09. The lowest BCUT2D eigenvalue weighted by Crippen LogP contribution is -2.11. The normalized spacial score (nSPS) is 10.6. The number of ether oxygens (including phenoxy) is 2. The van der Waals surface area contributed by atoms with Crippen molar-refractivity contribution in [3.63, 3.8) is 0 Å². The number of nitrogens with two attached hydrogens (primary N) is 1. The van der Waals surface area contributed by atoms with Gasteiger partial charge in [0.25, 0.3) is 0 Å². The van der Waals surface area contributed by atoms with Gasteiger partial charge in [0.2, 0.25) is 0 Å². The Morgan fingerprint density at radius 2 is 2.13 bits per heavy atom. The van der Waals surface area contributed by atoms with Gasteiger partial charge in [-0.1, -0.05) is 18.2 Å². The molecule has 3 heteroatoms. The average Bonchev–Trinajstić information content (AvgIpc) is 2.27. The predicted molar refractivity (Wildman–Crippen MR) is 62.3 cm³/mol.